The molecule has 29 heavy (non-hydrogen) atoms. The Morgan fingerprint density at radius 2 is 1.97 bits per heavy atom. The van der Waals surface area contributed by atoms with Crippen LogP contribution in [0.1, 0.15) is 42.0 Å². The van der Waals surface area contributed by atoms with Crippen LogP contribution in [-0.4, -0.2) is 35.4 Å². The summed E-state index contributed by atoms with van der Waals surface area (Å²) in [7, 11) is 0. The van der Waals surface area contributed by atoms with Crippen molar-refractivity contribution in [3.63, 3.8) is 0 Å². The third-order valence-corrected chi connectivity index (χ3v) is 6.22. The van der Waals surface area contributed by atoms with Crippen LogP contribution >= 0.6 is 24.8 Å². The SMILES string of the molecule is Cc1ccccc1[C@H]1[C@H]2CNC[C@H]2CN1C(=O)CCCCc1cccnc1.Cl.Cl. The number of rotatable bonds is 6. The maximum atomic E-state index is 13.1. The molecule has 0 radical (unpaired) electrons. The van der Waals surface area contributed by atoms with Crippen molar-refractivity contribution in [2.24, 2.45) is 11.8 Å². The second kappa shape index (κ2) is 11.0. The maximum absolute atomic E-state index is 13.1. The number of nitrogens with zero attached hydrogens (tertiary/aromatic N) is 2. The average Bonchev–Trinajstić information content (AvgIpc) is 3.28. The van der Waals surface area contributed by atoms with E-state index in [0.29, 0.717) is 24.2 Å². The van der Waals surface area contributed by atoms with Gasteiger partial charge in [-0.1, -0.05) is 30.3 Å². The number of carbonyl (C=O) groups is 1. The van der Waals surface area contributed by atoms with Gasteiger partial charge in [0.05, 0.1) is 6.04 Å². The Morgan fingerprint density at radius 1 is 1.14 bits per heavy atom. The summed E-state index contributed by atoms with van der Waals surface area (Å²) in [6.07, 6.45) is 7.35. The average molecular weight is 436 g/mol. The molecule has 0 bridgehead atoms. The lowest BCUT2D eigenvalue weighted by Crippen LogP contribution is -2.34. The Balaban J connectivity index is 0.00000150. The Labute approximate surface area is 186 Å². The minimum absolute atomic E-state index is 0. The van der Waals surface area contributed by atoms with Crippen LogP contribution in [0.25, 0.3) is 0 Å². The number of halogens is 2. The van der Waals surface area contributed by atoms with Crippen LogP contribution in [0.4, 0.5) is 0 Å². The van der Waals surface area contributed by atoms with Gasteiger partial charge < -0.3 is 10.2 Å². The minimum Gasteiger partial charge on any atom is -0.335 e. The van der Waals surface area contributed by atoms with Crippen molar-refractivity contribution >= 4 is 30.7 Å². The fourth-order valence-electron chi connectivity index (χ4n) is 4.79. The Hall–Kier alpha value is -1.62. The lowest BCUT2D eigenvalue weighted by Gasteiger charge is -2.29. The van der Waals surface area contributed by atoms with Crippen LogP contribution in [-0.2, 0) is 11.2 Å². The number of amides is 1. The van der Waals surface area contributed by atoms with E-state index in [4.69, 9.17) is 0 Å². The summed E-state index contributed by atoms with van der Waals surface area (Å²) in [5, 5.41) is 3.53. The van der Waals surface area contributed by atoms with Crippen LogP contribution < -0.4 is 5.32 Å². The van der Waals surface area contributed by atoms with E-state index in [9.17, 15) is 4.79 Å². The largest absolute Gasteiger partial charge is 0.335 e. The molecule has 0 unspecified atom stereocenters. The van der Waals surface area contributed by atoms with Gasteiger partial charge in [-0.15, -0.1) is 24.8 Å². The van der Waals surface area contributed by atoms with Crippen molar-refractivity contribution in [1.29, 1.82) is 0 Å². The number of unbranched alkanes of at least 4 members (excludes halogenated alkanes) is 1. The Morgan fingerprint density at radius 3 is 2.72 bits per heavy atom. The van der Waals surface area contributed by atoms with Crippen molar-refractivity contribution in [3.05, 3.63) is 65.5 Å². The van der Waals surface area contributed by atoms with Crippen molar-refractivity contribution in [2.75, 3.05) is 19.6 Å². The lowest BCUT2D eigenvalue weighted by molar-refractivity contribution is -0.132. The van der Waals surface area contributed by atoms with E-state index in [2.05, 4.69) is 52.5 Å². The number of nitrogens with one attached hydrogen (secondary N) is 1. The van der Waals surface area contributed by atoms with E-state index in [1.165, 1.54) is 16.7 Å². The smallest absolute Gasteiger partial charge is 0.223 e. The van der Waals surface area contributed by atoms with Crippen molar-refractivity contribution in [1.82, 2.24) is 15.2 Å². The molecular formula is C23H31Cl2N3O. The summed E-state index contributed by atoms with van der Waals surface area (Å²) in [5.74, 6) is 1.46. The first-order valence-corrected chi connectivity index (χ1v) is 10.2. The molecule has 1 N–H and O–H groups in total. The molecule has 4 rings (SSSR count). The van der Waals surface area contributed by atoms with Gasteiger partial charge in [-0.05, 0) is 54.9 Å². The highest BCUT2D eigenvalue weighted by Crippen LogP contribution is 2.43. The molecule has 0 spiro atoms. The second-order valence-electron chi connectivity index (χ2n) is 8.00. The zero-order valence-electron chi connectivity index (χ0n) is 16.9. The number of benzene rings is 1. The molecule has 3 heterocycles. The van der Waals surface area contributed by atoms with Crippen LogP contribution in [0, 0.1) is 18.8 Å². The summed E-state index contributed by atoms with van der Waals surface area (Å²) in [4.78, 5) is 19.4. The highest BCUT2D eigenvalue weighted by Gasteiger charge is 2.46. The molecule has 2 saturated heterocycles. The normalized spacial score (nSPS) is 22.5. The molecule has 2 fully saturated rings. The number of aryl methyl sites for hydroxylation is 2. The van der Waals surface area contributed by atoms with Crippen molar-refractivity contribution in [2.45, 2.75) is 38.6 Å². The molecule has 0 aliphatic carbocycles. The van der Waals surface area contributed by atoms with Crippen LogP contribution in [0.3, 0.4) is 0 Å². The molecule has 4 nitrogen and oxygen atoms in total. The molecule has 2 aliphatic heterocycles. The molecule has 2 aromatic rings. The van der Waals surface area contributed by atoms with Gasteiger partial charge in [0.1, 0.15) is 0 Å². The van der Waals surface area contributed by atoms with Gasteiger partial charge >= 0.3 is 0 Å². The van der Waals surface area contributed by atoms with E-state index in [0.717, 1.165) is 38.9 Å². The van der Waals surface area contributed by atoms with Crippen molar-refractivity contribution in [3.8, 4) is 0 Å². The Kier molecular flexibility index (Phi) is 8.94. The predicted octanol–water partition coefficient (Wildman–Crippen LogP) is 4.37. The third kappa shape index (κ3) is 5.30. The minimum atomic E-state index is 0. The zero-order chi connectivity index (χ0) is 18.6. The van der Waals surface area contributed by atoms with Crippen LogP contribution in [0.5, 0.6) is 0 Å². The number of likely N-dealkylation sites (tertiary alicyclic amines) is 1. The zero-order valence-corrected chi connectivity index (χ0v) is 18.6. The molecule has 0 saturated carbocycles. The van der Waals surface area contributed by atoms with E-state index in [-0.39, 0.29) is 30.9 Å². The predicted molar refractivity (Wildman–Crippen MR) is 122 cm³/mol. The van der Waals surface area contributed by atoms with E-state index in [1.807, 2.05) is 12.3 Å². The Bertz CT molecular complexity index is 787. The second-order valence-corrected chi connectivity index (χ2v) is 8.00. The summed E-state index contributed by atoms with van der Waals surface area (Å²) >= 11 is 0. The quantitative estimate of drug-likeness (QED) is 0.685. The molecule has 2 aliphatic rings. The highest BCUT2D eigenvalue weighted by atomic mass is 35.5. The molecule has 1 amide bonds. The summed E-state index contributed by atoms with van der Waals surface area (Å²) in [6, 6.07) is 12.9. The molecule has 158 valence electrons. The number of fused-ring (bicyclic) bond motifs is 1. The van der Waals surface area contributed by atoms with Gasteiger partial charge in [-0.25, -0.2) is 0 Å². The molecule has 6 heteroatoms. The fraction of sp³-hybridized carbons (Fsp3) is 0.478. The van der Waals surface area contributed by atoms with Crippen LogP contribution in [0.2, 0.25) is 0 Å². The van der Waals surface area contributed by atoms with Crippen LogP contribution in [0.15, 0.2) is 48.8 Å². The van der Waals surface area contributed by atoms with Gasteiger partial charge in [0.2, 0.25) is 5.91 Å². The van der Waals surface area contributed by atoms with Crippen molar-refractivity contribution < 1.29 is 4.79 Å². The molecular weight excluding hydrogens is 405 g/mol. The molecule has 1 aromatic heterocycles. The lowest BCUT2D eigenvalue weighted by atomic mass is 9.87. The van der Waals surface area contributed by atoms with Gasteiger partial charge in [0.15, 0.2) is 0 Å². The number of hydrogen-bond acceptors (Lipinski definition) is 3. The summed E-state index contributed by atoms with van der Waals surface area (Å²) in [6.45, 7) is 5.13. The first-order valence-electron chi connectivity index (χ1n) is 10.2. The first kappa shape index (κ1) is 23.7. The molecule has 1 aromatic carbocycles. The number of hydrogen-bond donors (Lipinski definition) is 1. The van der Waals surface area contributed by atoms with E-state index >= 15 is 0 Å². The number of carbonyl (C=O) groups excluding carboxylic acids is 1. The highest BCUT2D eigenvalue weighted by molar-refractivity contribution is 5.85. The topological polar surface area (TPSA) is 45.2 Å². The summed E-state index contributed by atoms with van der Waals surface area (Å²) in [5.41, 5.74) is 3.88. The fourth-order valence-corrected chi connectivity index (χ4v) is 4.79. The standard InChI is InChI=1S/C23H29N3O.2ClH/c1-17-7-2-4-10-20(17)23-21-15-25-14-19(21)16-26(23)22(27)11-5-3-8-18-9-6-12-24-13-18;;/h2,4,6-7,9-10,12-13,19,21,23,25H,3,5,8,11,14-16H2,1H3;2*1H/t19-,21-,23-;;/m0../s1. The summed E-state index contributed by atoms with van der Waals surface area (Å²) < 4.78 is 0. The monoisotopic (exact) mass is 435 g/mol. The number of pyridine rings is 1. The first-order chi connectivity index (χ1) is 13.2. The van der Waals surface area contributed by atoms with E-state index < -0.39 is 0 Å². The van der Waals surface area contributed by atoms with Gasteiger partial charge in [-0.2, -0.15) is 0 Å². The van der Waals surface area contributed by atoms with Gasteiger partial charge in [0.25, 0.3) is 0 Å². The molecule has 3 atom stereocenters. The maximum Gasteiger partial charge on any atom is 0.223 e. The van der Waals surface area contributed by atoms with Gasteiger partial charge in [-0.3, -0.25) is 9.78 Å². The third-order valence-electron chi connectivity index (χ3n) is 6.22. The number of aromatic nitrogens is 1. The van der Waals surface area contributed by atoms with Gasteiger partial charge in [0, 0.05) is 44.4 Å². The van der Waals surface area contributed by atoms with E-state index in [1.54, 1.807) is 6.20 Å².